The molecule has 0 atom stereocenters. The van der Waals surface area contributed by atoms with Crippen molar-refractivity contribution in [2.24, 2.45) is 0 Å². The van der Waals surface area contributed by atoms with Gasteiger partial charge < -0.3 is 4.74 Å². The van der Waals surface area contributed by atoms with Gasteiger partial charge in [-0.25, -0.2) is 9.18 Å². The van der Waals surface area contributed by atoms with Gasteiger partial charge in [-0.05, 0) is 30.7 Å². The number of ether oxygens (including phenoxy) is 1. The van der Waals surface area contributed by atoms with Crippen LogP contribution >= 0.6 is 0 Å². The number of esters is 1. The van der Waals surface area contributed by atoms with Crippen molar-refractivity contribution in [1.29, 1.82) is 0 Å². The van der Waals surface area contributed by atoms with Gasteiger partial charge in [0, 0.05) is 6.08 Å². The van der Waals surface area contributed by atoms with Crippen LogP contribution in [0.5, 0.6) is 0 Å². The van der Waals surface area contributed by atoms with E-state index in [-0.39, 0.29) is 5.82 Å². The van der Waals surface area contributed by atoms with Gasteiger partial charge in [-0.2, -0.15) is 0 Å². The third kappa shape index (κ3) is 5.96. The highest BCUT2D eigenvalue weighted by Gasteiger charge is 1.93. The summed E-state index contributed by atoms with van der Waals surface area (Å²) in [6, 6.07) is 5.85. The standard InChI is InChI=1S/C11H11FO2.C2H6/c1-2-14-11(13)8-5-9-3-6-10(12)7-4-9;1-2/h3-8H,2H2,1H3;1-2H3/b8-5+;. The minimum absolute atomic E-state index is 0.293. The normalized spacial score (nSPS) is 9.50. The van der Waals surface area contributed by atoms with Crippen molar-refractivity contribution in [3.63, 3.8) is 0 Å². The van der Waals surface area contributed by atoms with Crippen molar-refractivity contribution in [2.45, 2.75) is 20.8 Å². The molecule has 0 saturated heterocycles. The third-order valence-electron chi connectivity index (χ3n) is 1.57. The number of carbonyl (C=O) groups excluding carboxylic acids is 1. The van der Waals surface area contributed by atoms with Crippen molar-refractivity contribution in [3.8, 4) is 0 Å². The molecule has 0 bridgehead atoms. The minimum Gasteiger partial charge on any atom is -0.463 e. The van der Waals surface area contributed by atoms with Gasteiger partial charge in [0.1, 0.15) is 5.82 Å². The van der Waals surface area contributed by atoms with Crippen molar-refractivity contribution < 1.29 is 13.9 Å². The highest BCUT2D eigenvalue weighted by Crippen LogP contribution is 2.04. The predicted molar refractivity (Wildman–Crippen MR) is 63.4 cm³/mol. The number of halogens is 1. The van der Waals surface area contributed by atoms with E-state index in [0.29, 0.717) is 6.61 Å². The number of hydrogen-bond acceptors (Lipinski definition) is 2. The van der Waals surface area contributed by atoms with Crippen LogP contribution in [-0.4, -0.2) is 12.6 Å². The van der Waals surface area contributed by atoms with Crippen molar-refractivity contribution in [2.75, 3.05) is 6.61 Å². The van der Waals surface area contributed by atoms with Crippen molar-refractivity contribution >= 4 is 12.0 Å². The molecular formula is C13H17FO2. The van der Waals surface area contributed by atoms with Gasteiger partial charge in [-0.1, -0.05) is 26.0 Å². The van der Waals surface area contributed by atoms with Crippen LogP contribution in [0.2, 0.25) is 0 Å². The molecule has 0 radical (unpaired) electrons. The molecule has 0 N–H and O–H groups in total. The van der Waals surface area contributed by atoms with E-state index in [9.17, 15) is 9.18 Å². The van der Waals surface area contributed by atoms with Crippen LogP contribution in [0.15, 0.2) is 30.3 Å². The lowest BCUT2D eigenvalue weighted by molar-refractivity contribution is -0.137. The van der Waals surface area contributed by atoms with Gasteiger partial charge in [0.05, 0.1) is 6.61 Å². The Kier molecular flexibility index (Phi) is 7.76. The van der Waals surface area contributed by atoms with E-state index in [1.807, 2.05) is 13.8 Å². The van der Waals surface area contributed by atoms with Crippen LogP contribution in [-0.2, 0) is 9.53 Å². The Hall–Kier alpha value is -1.64. The van der Waals surface area contributed by atoms with Crippen LogP contribution in [0.3, 0.4) is 0 Å². The molecule has 0 aliphatic heterocycles. The first-order valence-electron chi connectivity index (χ1n) is 5.33. The zero-order chi connectivity index (χ0) is 12.4. The molecule has 0 aliphatic carbocycles. The second kappa shape index (κ2) is 8.65. The molecule has 0 aromatic heterocycles. The number of rotatable bonds is 3. The van der Waals surface area contributed by atoms with Gasteiger partial charge in [0.25, 0.3) is 0 Å². The summed E-state index contributed by atoms with van der Waals surface area (Å²) in [6.07, 6.45) is 2.90. The van der Waals surface area contributed by atoms with Crippen molar-refractivity contribution in [1.82, 2.24) is 0 Å². The van der Waals surface area contributed by atoms with E-state index in [1.165, 1.54) is 18.2 Å². The molecule has 2 nitrogen and oxygen atoms in total. The molecule has 0 saturated carbocycles. The molecule has 3 heteroatoms. The van der Waals surface area contributed by atoms with Crippen LogP contribution in [0, 0.1) is 5.82 Å². The summed E-state index contributed by atoms with van der Waals surface area (Å²) in [5.41, 5.74) is 0.763. The summed E-state index contributed by atoms with van der Waals surface area (Å²) in [5, 5.41) is 0. The Morgan fingerprint density at radius 3 is 2.38 bits per heavy atom. The maximum absolute atomic E-state index is 12.5. The third-order valence-corrected chi connectivity index (χ3v) is 1.57. The molecule has 0 aliphatic rings. The van der Waals surface area contributed by atoms with E-state index in [4.69, 9.17) is 0 Å². The number of hydrogen-bond donors (Lipinski definition) is 0. The minimum atomic E-state index is -0.392. The van der Waals surface area contributed by atoms with Gasteiger partial charge in [-0.3, -0.25) is 0 Å². The lowest BCUT2D eigenvalue weighted by atomic mass is 10.2. The summed E-state index contributed by atoms with van der Waals surface area (Å²) in [5.74, 6) is -0.685. The maximum Gasteiger partial charge on any atom is 0.330 e. The molecular weight excluding hydrogens is 207 g/mol. The smallest absolute Gasteiger partial charge is 0.330 e. The molecule has 0 unspecified atom stereocenters. The Balaban J connectivity index is 0.00000106. The van der Waals surface area contributed by atoms with Gasteiger partial charge in [0.15, 0.2) is 0 Å². The van der Waals surface area contributed by atoms with E-state index in [2.05, 4.69) is 4.74 Å². The Morgan fingerprint density at radius 1 is 1.31 bits per heavy atom. The molecule has 88 valence electrons. The molecule has 1 aromatic rings. The fourth-order valence-electron chi connectivity index (χ4n) is 0.929. The largest absolute Gasteiger partial charge is 0.463 e. The zero-order valence-electron chi connectivity index (χ0n) is 9.87. The zero-order valence-corrected chi connectivity index (χ0v) is 9.87. The molecule has 16 heavy (non-hydrogen) atoms. The molecule has 0 heterocycles. The highest BCUT2D eigenvalue weighted by molar-refractivity contribution is 5.86. The second-order valence-electron chi connectivity index (χ2n) is 2.64. The SMILES string of the molecule is CC.CCOC(=O)/C=C/c1ccc(F)cc1. The molecule has 0 spiro atoms. The predicted octanol–water partition coefficient (Wildman–Crippen LogP) is 3.43. The fraction of sp³-hybridized carbons (Fsp3) is 0.308. The van der Waals surface area contributed by atoms with Crippen molar-refractivity contribution in [3.05, 3.63) is 41.7 Å². The summed E-state index contributed by atoms with van der Waals surface area (Å²) < 4.78 is 17.2. The molecule has 0 amide bonds. The van der Waals surface area contributed by atoms with Gasteiger partial charge in [-0.15, -0.1) is 0 Å². The topological polar surface area (TPSA) is 26.3 Å². The molecule has 0 fully saturated rings. The lowest BCUT2D eigenvalue weighted by Crippen LogP contribution is -1.98. The fourth-order valence-corrected chi connectivity index (χ4v) is 0.929. The van der Waals surface area contributed by atoms with Crippen LogP contribution in [0.25, 0.3) is 6.08 Å². The van der Waals surface area contributed by atoms with Crippen LogP contribution in [0.1, 0.15) is 26.3 Å². The van der Waals surface area contributed by atoms with Gasteiger partial charge >= 0.3 is 5.97 Å². The molecule has 1 aromatic carbocycles. The average Bonchev–Trinajstić information content (AvgIpc) is 2.31. The Morgan fingerprint density at radius 2 is 1.88 bits per heavy atom. The van der Waals surface area contributed by atoms with Gasteiger partial charge in [0.2, 0.25) is 0 Å². The Labute approximate surface area is 95.7 Å². The van der Waals surface area contributed by atoms with Crippen LogP contribution < -0.4 is 0 Å². The number of benzene rings is 1. The summed E-state index contributed by atoms with van der Waals surface area (Å²) in [6.45, 7) is 6.09. The van der Waals surface area contributed by atoms with E-state index in [0.717, 1.165) is 5.56 Å². The second-order valence-corrected chi connectivity index (χ2v) is 2.64. The quantitative estimate of drug-likeness (QED) is 0.580. The molecule has 1 rings (SSSR count). The van der Waals surface area contributed by atoms with Crippen LogP contribution in [0.4, 0.5) is 4.39 Å². The lowest BCUT2D eigenvalue weighted by Gasteiger charge is -1.95. The average molecular weight is 224 g/mol. The van der Waals surface area contributed by atoms with E-state index < -0.39 is 5.97 Å². The monoisotopic (exact) mass is 224 g/mol. The number of carbonyl (C=O) groups is 1. The Bertz CT molecular complexity index is 328. The van der Waals surface area contributed by atoms with E-state index in [1.54, 1.807) is 25.1 Å². The van der Waals surface area contributed by atoms with E-state index >= 15 is 0 Å². The maximum atomic E-state index is 12.5. The highest BCUT2D eigenvalue weighted by atomic mass is 19.1. The first kappa shape index (κ1) is 14.4. The summed E-state index contributed by atoms with van der Waals surface area (Å²) >= 11 is 0. The summed E-state index contributed by atoms with van der Waals surface area (Å²) in [4.78, 5) is 10.9. The first-order chi connectivity index (χ1) is 7.72. The summed E-state index contributed by atoms with van der Waals surface area (Å²) in [7, 11) is 0. The first-order valence-corrected chi connectivity index (χ1v) is 5.33.